The number of amides is 1. The minimum atomic E-state index is 0.205. The topological polar surface area (TPSA) is 41.4 Å². The van der Waals surface area contributed by atoms with Crippen LogP contribution in [-0.2, 0) is 11.2 Å². The highest BCUT2D eigenvalue weighted by molar-refractivity contribution is 5.79. The van der Waals surface area contributed by atoms with Crippen molar-refractivity contribution in [1.82, 2.24) is 19.6 Å². The number of piperazine rings is 1. The molecule has 122 valence electrons. The Kier molecular flexibility index (Phi) is 4.48. The lowest BCUT2D eigenvalue weighted by Crippen LogP contribution is -2.47. The van der Waals surface area contributed by atoms with Crippen molar-refractivity contribution in [2.75, 3.05) is 33.2 Å². The van der Waals surface area contributed by atoms with Gasteiger partial charge in [0.15, 0.2) is 0 Å². The van der Waals surface area contributed by atoms with Crippen molar-refractivity contribution in [3.05, 3.63) is 47.3 Å². The van der Waals surface area contributed by atoms with Gasteiger partial charge in [-0.3, -0.25) is 4.79 Å². The van der Waals surface area contributed by atoms with Crippen LogP contribution in [0.4, 0.5) is 0 Å². The van der Waals surface area contributed by atoms with Crippen molar-refractivity contribution in [3.63, 3.8) is 0 Å². The van der Waals surface area contributed by atoms with Gasteiger partial charge in [-0.15, -0.1) is 0 Å². The van der Waals surface area contributed by atoms with E-state index in [2.05, 4.69) is 17.0 Å². The maximum absolute atomic E-state index is 12.6. The number of aromatic nitrogens is 2. The summed E-state index contributed by atoms with van der Waals surface area (Å²) >= 11 is 0. The first-order valence-corrected chi connectivity index (χ1v) is 8.13. The molecule has 5 nitrogen and oxygen atoms in total. The predicted octanol–water partition coefficient (Wildman–Crippen LogP) is 1.81. The van der Waals surface area contributed by atoms with E-state index in [0.717, 1.165) is 48.8 Å². The van der Waals surface area contributed by atoms with Crippen LogP contribution in [0.15, 0.2) is 30.3 Å². The second-order valence-corrected chi connectivity index (χ2v) is 6.26. The molecule has 3 rings (SSSR count). The highest BCUT2D eigenvalue weighted by Gasteiger charge is 2.22. The van der Waals surface area contributed by atoms with Crippen molar-refractivity contribution in [2.45, 2.75) is 20.3 Å². The zero-order valence-electron chi connectivity index (χ0n) is 14.1. The van der Waals surface area contributed by atoms with Gasteiger partial charge in [0.25, 0.3) is 0 Å². The van der Waals surface area contributed by atoms with Crippen LogP contribution in [0.2, 0.25) is 0 Å². The first-order valence-electron chi connectivity index (χ1n) is 8.13. The highest BCUT2D eigenvalue weighted by atomic mass is 16.2. The first-order chi connectivity index (χ1) is 11.1. The lowest BCUT2D eigenvalue weighted by atomic mass is 10.1. The Labute approximate surface area is 137 Å². The van der Waals surface area contributed by atoms with E-state index in [4.69, 9.17) is 0 Å². The summed E-state index contributed by atoms with van der Waals surface area (Å²) in [6.07, 6.45) is 0.439. The number of rotatable bonds is 3. The van der Waals surface area contributed by atoms with Gasteiger partial charge in [0, 0.05) is 37.4 Å². The molecule has 1 fully saturated rings. The lowest BCUT2D eigenvalue weighted by Gasteiger charge is -2.32. The number of para-hydroxylation sites is 1. The Morgan fingerprint density at radius 1 is 1.09 bits per heavy atom. The smallest absolute Gasteiger partial charge is 0.227 e. The number of likely N-dealkylation sites (N-methyl/N-ethyl adjacent to an activating group) is 1. The van der Waals surface area contributed by atoms with E-state index in [9.17, 15) is 4.79 Å². The van der Waals surface area contributed by atoms with Gasteiger partial charge in [0.2, 0.25) is 5.91 Å². The summed E-state index contributed by atoms with van der Waals surface area (Å²) in [6, 6.07) is 10.1. The fraction of sp³-hybridized carbons (Fsp3) is 0.444. The molecule has 1 aromatic carbocycles. The summed E-state index contributed by atoms with van der Waals surface area (Å²) in [6.45, 7) is 7.57. The molecule has 23 heavy (non-hydrogen) atoms. The van der Waals surface area contributed by atoms with Gasteiger partial charge in [0.05, 0.1) is 17.8 Å². The number of nitrogens with zero attached hydrogens (tertiary/aromatic N) is 4. The molecule has 2 heterocycles. The Bertz CT molecular complexity index is 685. The zero-order valence-corrected chi connectivity index (χ0v) is 14.1. The average Bonchev–Trinajstić information content (AvgIpc) is 2.84. The Morgan fingerprint density at radius 3 is 2.39 bits per heavy atom. The maximum Gasteiger partial charge on any atom is 0.227 e. The molecule has 0 radical (unpaired) electrons. The van der Waals surface area contributed by atoms with Crippen LogP contribution < -0.4 is 0 Å². The molecule has 1 saturated heterocycles. The third-order valence-corrected chi connectivity index (χ3v) is 4.63. The maximum atomic E-state index is 12.6. The van der Waals surface area contributed by atoms with Crippen LogP contribution in [0.1, 0.15) is 17.0 Å². The van der Waals surface area contributed by atoms with Gasteiger partial charge in [-0.05, 0) is 33.0 Å². The Hall–Kier alpha value is -2.14. The quantitative estimate of drug-likeness (QED) is 0.868. The molecule has 0 saturated carbocycles. The number of hydrogen-bond acceptors (Lipinski definition) is 3. The van der Waals surface area contributed by atoms with Gasteiger partial charge < -0.3 is 9.80 Å². The largest absolute Gasteiger partial charge is 0.340 e. The first kappa shape index (κ1) is 15.7. The summed E-state index contributed by atoms with van der Waals surface area (Å²) in [5.41, 5.74) is 4.08. The molecule has 1 aliphatic heterocycles. The predicted molar refractivity (Wildman–Crippen MR) is 90.8 cm³/mol. The molecule has 0 bridgehead atoms. The summed E-state index contributed by atoms with van der Waals surface area (Å²) in [4.78, 5) is 16.8. The minimum Gasteiger partial charge on any atom is -0.340 e. The van der Waals surface area contributed by atoms with Crippen LogP contribution in [0, 0.1) is 13.8 Å². The highest BCUT2D eigenvalue weighted by Crippen LogP contribution is 2.19. The molecular formula is C18H24N4O. The molecule has 1 amide bonds. The van der Waals surface area contributed by atoms with Gasteiger partial charge in [-0.2, -0.15) is 5.10 Å². The number of carbonyl (C=O) groups excluding carboxylic acids is 1. The third-order valence-electron chi connectivity index (χ3n) is 4.63. The van der Waals surface area contributed by atoms with Crippen LogP contribution >= 0.6 is 0 Å². The number of hydrogen-bond donors (Lipinski definition) is 0. The lowest BCUT2D eigenvalue weighted by molar-refractivity contribution is -0.132. The standard InChI is InChI=1S/C18H24N4O/c1-14-17(13-18(23)21-11-9-20(3)10-12-21)15(2)22(19-14)16-7-5-4-6-8-16/h4-8H,9-13H2,1-3H3. The Balaban J connectivity index is 1.78. The number of carbonyl (C=O) groups is 1. The molecule has 5 heteroatoms. The van der Waals surface area contributed by atoms with Crippen molar-refractivity contribution in [1.29, 1.82) is 0 Å². The summed E-state index contributed by atoms with van der Waals surface area (Å²) in [5.74, 6) is 0.205. The van der Waals surface area contributed by atoms with Crippen molar-refractivity contribution < 1.29 is 4.79 Å². The molecule has 1 aromatic heterocycles. The van der Waals surface area contributed by atoms with E-state index in [-0.39, 0.29) is 5.91 Å². The molecule has 1 aliphatic rings. The SMILES string of the molecule is Cc1nn(-c2ccccc2)c(C)c1CC(=O)N1CCN(C)CC1. The number of benzene rings is 1. The molecule has 0 spiro atoms. The monoisotopic (exact) mass is 312 g/mol. The van der Waals surface area contributed by atoms with E-state index in [1.807, 2.05) is 53.8 Å². The van der Waals surface area contributed by atoms with E-state index < -0.39 is 0 Å². The normalized spacial score (nSPS) is 15.9. The van der Waals surface area contributed by atoms with E-state index in [1.54, 1.807) is 0 Å². The molecule has 0 atom stereocenters. The number of aryl methyl sites for hydroxylation is 1. The molecule has 0 aliphatic carbocycles. The average molecular weight is 312 g/mol. The zero-order chi connectivity index (χ0) is 16.4. The second kappa shape index (κ2) is 6.54. The van der Waals surface area contributed by atoms with Crippen LogP contribution in [0.3, 0.4) is 0 Å². The minimum absolute atomic E-state index is 0.205. The van der Waals surface area contributed by atoms with Crippen LogP contribution in [0.5, 0.6) is 0 Å². The van der Waals surface area contributed by atoms with Crippen molar-refractivity contribution in [3.8, 4) is 5.69 Å². The molecule has 0 N–H and O–H groups in total. The van der Waals surface area contributed by atoms with Crippen molar-refractivity contribution >= 4 is 5.91 Å². The molecule has 2 aromatic rings. The van der Waals surface area contributed by atoms with Crippen LogP contribution in [0.25, 0.3) is 5.69 Å². The summed E-state index contributed by atoms with van der Waals surface area (Å²) in [7, 11) is 2.10. The van der Waals surface area contributed by atoms with E-state index >= 15 is 0 Å². The van der Waals surface area contributed by atoms with Gasteiger partial charge in [-0.1, -0.05) is 18.2 Å². The summed E-state index contributed by atoms with van der Waals surface area (Å²) in [5, 5.41) is 4.63. The fourth-order valence-electron chi connectivity index (χ4n) is 3.07. The second-order valence-electron chi connectivity index (χ2n) is 6.26. The van der Waals surface area contributed by atoms with Crippen molar-refractivity contribution in [2.24, 2.45) is 0 Å². The van der Waals surface area contributed by atoms with Gasteiger partial charge >= 0.3 is 0 Å². The van der Waals surface area contributed by atoms with E-state index in [0.29, 0.717) is 6.42 Å². The third kappa shape index (κ3) is 3.29. The molecular weight excluding hydrogens is 288 g/mol. The fourth-order valence-corrected chi connectivity index (χ4v) is 3.07. The van der Waals surface area contributed by atoms with Crippen LogP contribution in [-0.4, -0.2) is 58.7 Å². The summed E-state index contributed by atoms with van der Waals surface area (Å²) < 4.78 is 1.93. The van der Waals surface area contributed by atoms with Gasteiger partial charge in [-0.25, -0.2) is 4.68 Å². The van der Waals surface area contributed by atoms with Gasteiger partial charge in [0.1, 0.15) is 0 Å². The van der Waals surface area contributed by atoms with E-state index in [1.165, 1.54) is 0 Å². The Morgan fingerprint density at radius 2 is 1.74 bits per heavy atom. The molecule has 0 unspecified atom stereocenters.